The molecule has 0 saturated heterocycles. The summed E-state index contributed by atoms with van der Waals surface area (Å²) in [6.45, 7) is 1.93. The highest BCUT2D eigenvalue weighted by atomic mass is 16.3. The highest BCUT2D eigenvalue weighted by Crippen LogP contribution is 2.21. The molecule has 2 heterocycles. The maximum Gasteiger partial charge on any atom is 0.262 e. The number of aromatic nitrogens is 1. The van der Waals surface area contributed by atoms with Crippen LogP contribution in [0.15, 0.2) is 82.3 Å². The Balaban J connectivity index is 1.89. The molecule has 0 bridgehead atoms. The van der Waals surface area contributed by atoms with Crippen molar-refractivity contribution in [3.8, 4) is 5.75 Å². The van der Waals surface area contributed by atoms with Crippen LogP contribution >= 0.6 is 0 Å². The molecule has 2 aromatic heterocycles. The zero-order chi connectivity index (χ0) is 19.5. The third kappa shape index (κ3) is 3.61. The number of amides is 1. The topological polar surface area (TPSA) is 87.7 Å². The zero-order valence-corrected chi connectivity index (χ0v) is 15.1. The Bertz CT molecular complexity index is 1230. The molecule has 0 fully saturated rings. The molecular weight excluding hydrogens is 354 g/mol. The van der Waals surface area contributed by atoms with Gasteiger partial charge in [-0.25, -0.2) is 9.98 Å². The van der Waals surface area contributed by atoms with Gasteiger partial charge in [0.05, 0.1) is 5.69 Å². The van der Waals surface area contributed by atoms with Crippen LogP contribution in [0, 0.1) is 6.92 Å². The number of aromatic hydroxyl groups is 1. The maximum atomic E-state index is 12.9. The van der Waals surface area contributed by atoms with Gasteiger partial charge in [0.15, 0.2) is 0 Å². The summed E-state index contributed by atoms with van der Waals surface area (Å²) in [7, 11) is 0. The van der Waals surface area contributed by atoms with E-state index in [2.05, 4.69) is 15.3 Å². The van der Waals surface area contributed by atoms with E-state index in [1.54, 1.807) is 36.5 Å². The number of para-hydroxylation sites is 1. The molecule has 0 aliphatic rings. The Kier molecular flexibility index (Phi) is 4.60. The van der Waals surface area contributed by atoms with Gasteiger partial charge < -0.3 is 14.8 Å². The summed E-state index contributed by atoms with van der Waals surface area (Å²) in [5.74, 6) is 0.119. The first kappa shape index (κ1) is 17.5. The average molecular weight is 371 g/mol. The fraction of sp³-hybridized carbons (Fsp3) is 0.0455. The smallest absolute Gasteiger partial charge is 0.262 e. The van der Waals surface area contributed by atoms with E-state index in [9.17, 15) is 9.90 Å². The minimum absolute atomic E-state index is 0.0729. The number of pyridine rings is 1. The van der Waals surface area contributed by atoms with Crippen LogP contribution in [0.3, 0.4) is 0 Å². The first-order valence-electron chi connectivity index (χ1n) is 8.70. The van der Waals surface area contributed by atoms with E-state index in [4.69, 9.17) is 4.42 Å². The van der Waals surface area contributed by atoms with E-state index >= 15 is 0 Å². The van der Waals surface area contributed by atoms with Crippen LogP contribution in [-0.2, 0) is 0 Å². The number of nitrogens with one attached hydrogen (secondary N) is 1. The van der Waals surface area contributed by atoms with Crippen LogP contribution in [-0.4, -0.2) is 16.0 Å². The molecule has 0 unspecified atom stereocenters. The van der Waals surface area contributed by atoms with Crippen molar-refractivity contribution in [3.63, 3.8) is 0 Å². The molecule has 6 nitrogen and oxygen atoms in total. The van der Waals surface area contributed by atoms with Crippen molar-refractivity contribution in [2.75, 3.05) is 5.32 Å². The molecule has 138 valence electrons. The fourth-order valence-electron chi connectivity index (χ4n) is 2.77. The van der Waals surface area contributed by atoms with Crippen LogP contribution in [0.5, 0.6) is 5.75 Å². The van der Waals surface area contributed by atoms with Gasteiger partial charge in [-0.2, -0.15) is 0 Å². The quantitative estimate of drug-likeness (QED) is 0.561. The number of phenolic OH excluding ortho intramolecular Hbond substituents is 1. The molecule has 6 heteroatoms. The summed E-state index contributed by atoms with van der Waals surface area (Å²) in [6, 6.07) is 19.2. The van der Waals surface area contributed by atoms with E-state index < -0.39 is 0 Å². The molecule has 28 heavy (non-hydrogen) atoms. The highest BCUT2D eigenvalue weighted by Gasteiger charge is 2.14. The fourth-order valence-corrected chi connectivity index (χ4v) is 2.77. The van der Waals surface area contributed by atoms with Crippen molar-refractivity contribution >= 4 is 28.4 Å². The molecule has 0 spiro atoms. The predicted molar refractivity (Wildman–Crippen MR) is 106 cm³/mol. The van der Waals surface area contributed by atoms with Gasteiger partial charge in [-0.05, 0) is 48.9 Å². The van der Waals surface area contributed by atoms with Crippen molar-refractivity contribution in [2.45, 2.75) is 6.92 Å². The lowest BCUT2D eigenvalue weighted by atomic mass is 10.1. The number of benzene rings is 2. The third-order valence-corrected chi connectivity index (χ3v) is 4.22. The lowest BCUT2D eigenvalue weighted by Gasteiger charge is -2.07. The van der Waals surface area contributed by atoms with Crippen LogP contribution in [0.4, 0.5) is 11.5 Å². The minimum Gasteiger partial charge on any atom is -0.508 e. The van der Waals surface area contributed by atoms with E-state index in [-0.39, 0.29) is 22.8 Å². The summed E-state index contributed by atoms with van der Waals surface area (Å²) < 4.78 is 5.88. The van der Waals surface area contributed by atoms with Crippen molar-refractivity contribution < 1.29 is 14.3 Å². The van der Waals surface area contributed by atoms with E-state index in [0.29, 0.717) is 22.5 Å². The van der Waals surface area contributed by atoms with E-state index in [0.717, 1.165) is 5.56 Å². The van der Waals surface area contributed by atoms with Gasteiger partial charge in [-0.3, -0.25) is 4.79 Å². The largest absolute Gasteiger partial charge is 0.508 e. The number of fused-ring (bicyclic) bond motifs is 1. The predicted octanol–water partition coefficient (Wildman–Crippen LogP) is 4.33. The van der Waals surface area contributed by atoms with Crippen molar-refractivity contribution in [1.29, 1.82) is 0 Å². The van der Waals surface area contributed by atoms with Gasteiger partial charge in [-0.1, -0.05) is 24.3 Å². The molecule has 0 saturated carbocycles. The first-order valence-corrected chi connectivity index (χ1v) is 8.70. The van der Waals surface area contributed by atoms with Crippen molar-refractivity contribution in [2.24, 2.45) is 4.99 Å². The molecule has 0 radical (unpaired) electrons. The molecule has 4 aromatic rings. The number of carbonyl (C=O) groups is 1. The lowest BCUT2D eigenvalue weighted by molar-refractivity contribution is 0.102. The number of rotatable bonds is 3. The standard InChI is InChI=1S/C22H17N3O3/c1-14-6-2-3-7-18(14)24-22-17(21(27)25-20-8-4-5-11-23-20)12-15-9-10-16(26)13-19(15)28-22/h2-13,26H,1H3,(H,23,25,27). The van der Waals surface area contributed by atoms with E-state index in [1.807, 2.05) is 31.2 Å². The van der Waals surface area contributed by atoms with Gasteiger partial charge in [0.2, 0.25) is 5.55 Å². The highest BCUT2D eigenvalue weighted by molar-refractivity contribution is 6.05. The Hall–Kier alpha value is -3.93. The lowest BCUT2D eigenvalue weighted by Crippen LogP contribution is -2.22. The molecule has 0 aliphatic heterocycles. The van der Waals surface area contributed by atoms with Gasteiger partial charge in [0.25, 0.3) is 5.91 Å². The molecular formula is C22H17N3O3. The Labute approximate surface area is 160 Å². The monoisotopic (exact) mass is 371 g/mol. The summed E-state index contributed by atoms with van der Waals surface area (Å²) in [6.07, 6.45) is 1.60. The molecule has 2 aromatic carbocycles. The number of nitrogens with zero attached hydrogens (tertiary/aromatic N) is 2. The second kappa shape index (κ2) is 7.36. The normalized spacial score (nSPS) is 11.5. The van der Waals surface area contributed by atoms with E-state index in [1.165, 1.54) is 12.1 Å². The number of phenols is 1. The van der Waals surface area contributed by atoms with Crippen molar-refractivity contribution in [1.82, 2.24) is 4.98 Å². The van der Waals surface area contributed by atoms with Crippen LogP contribution in [0.25, 0.3) is 11.0 Å². The summed E-state index contributed by atoms with van der Waals surface area (Å²) >= 11 is 0. The Morgan fingerprint density at radius 2 is 1.89 bits per heavy atom. The Morgan fingerprint density at radius 3 is 2.68 bits per heavy atom. The van der Waals surface area contributed by atoms with Crippen LogP contribution in [0.2, 0.25) is 0 Å². The summed E-state index contributed by atoms with van der Waals surface area (Å²) in [5.41, 5.74) is 2.50. The second-order valence-corrected chi connectivity index (χ2v) is 6.25. The summed E-state index contributed by atoms with van der Waals surface area (Å²) in [4.78, 5) is 21.6. The van der Waals surface area contributed by atoms with Crippen LogP contribution < -0.4 is 10.9 Å². The maximum absolute atomic E-state index is 12.9. The summed E-state index contributed by atoms with van der Waals surface area (Å²) in [5, 5.41) is 13.2. The SMILES string of the molecule is Cc1ccccc1N=c1oc2cc(O)ccc2cc1C(=O)Nc1ccccn1. The number of hydrogen-bond acceptors (Lipinski definition) is 5. The van der Waals surface area contributed by atoms with Gasteiger partial charge >= 0.3 is 0 Å². The zero-order valence-electron chi connectivity index (χ0n) is 15.1. The van der Waals surface area contributed by atoms with Crippen molar-refractivity contribution in [3.05, 3.63) is 89.6 Å². The number of hydrogen-bond donors (Lipinski definition) is 2. The molecule has 0 atom stereocenters. The average Bonchev–Trinajstić information content (AvgIpc) is 2.70. The Morgan fingerprint density at radius 1 is 1.07 bits per heavy atom. The molecule has 0 aliphatic carbocycles. The molecule has 1 amide bonds. The van der Waals surface area contributed by atoms with Crippen LogP contribution in [0.1, 0.15) is 15.9 Å². The number of aryl methyl sites for hydroxylation is 1. The van der Waals surface area contributed by atoms with Gasteiger partial charge in [0.1, 0.15) is 22.7 Å². The minimum atomic E-state index is -0.384. The third-order valence-electron chi connectivity index (χ3n) is 4.22. The second-order valence-electron chi connectivity index (χ2n) is 6.25. The number of carbonyl (C=O) groups excluding carboxylic acids is 1. The van der Waals surface area contributed by atoms with Gasteiger partial charge in [-0.15, -0.1) is 0 Å². The first-order chi connectivity index (χ1) is 13.6. The number of anilines is 1. The van der Waals surface area contributed by atoms with Gasteiger partial charge in [0, 0.05) is 17.6 Å². The molecule has 4 rings (SSSR count). The molecule has 2 N–H and O–H groups in total.